The standard InChI is InChI=1S/C14H20N2O2S2/c1-10(2)9-16(3)20(17,18)14-11-6-4-5-7-12(11)19-13(14)8-15/h4-7,10H,8-9,15H2,1-3H3. The number of rotatable bonds is 5. The van der Waals surface area contributed by atoms with E-state index in [1.54, 1.807) is 7.05 Å². The third kappa shape index (κ3) is 2.74. The largest absolute Gasteiger partial charge is 0.326 e. The normalized spacial score (nSPS) is 12.7. The molecule has 0 amide bonds. The van der Waals surface area contributed by atoms with Gasteiger partial charge in [0, 0.05) is 35.1 Å². The second-order valence-electron chi connectivity index (χ2n) is 5.23. The van der Waals surface area contributed by atoms with Crippen molar-refractivity contribution in [2.45, 2.75) is 25.3 Å². The van der Waals surface area contributed by atoms with Gasteiger partial charge in [-0.1, -0.05) is 32.0 Å². The van der Waals surface area contributed by atoms with Crippen LogP contribution in [0.25, 0.3) is 10.1 Å². The predicted octanol–water partition coefficient (Wildman–Crippen LogP) is 2.64. The van der Waals surface area contributed by atoms with Gasteiger partial charge in [-0.2, -0.15) is 0 Å². The number of hydrogen-bond acceptors (Lipinski definition) is 4. The number of sulfonamides is 1. The minimum absolute atomic E-state index is 0.240. The summed E-state index contributed by atoms with van der Waals surface area (Å²) < 4.78 is 28.0. The Balaban J connectivity index is 2.61. The van der Waals surface area contributed by atoms with Gasteiger partial charge >= 0.3 is 0 Å². The van der Waals surface area contributed by atoms with Crippen molar-refractivity contribution < 1.29 is 8.42 Å². The maximum atomic E-state index is 12.8. The van der Waals surface area contributed by atoms with Gasteiger partial charge in [-0.25, -0.2) is 12.7 Å². The average Bonchev–Trinajstić information content (AvgIpc) is 2.76. The molecule has 0 saturated heterocycles. The van der Waals surface area contributed by atoms with E-state index in [9.17, 15) is 8.42 Å². The Hall–Kier alpha value is -0.950. The Morgan fingerprint density at radius 3 is 2.55 bits per heavy atom. The van der Waals surface area contributed by atoms with Gasteiger partial charge in [-0.3, -0.25) is 0 Å². The molecule has 2 N–H and O–H groups in total. The molecule has 0 aliphatic rings. The van der Waals surface area contributed by atoms with Crippen molar-refractivity contribution in [3.05, 3.63) is 29.1 Å². The lowest BCUT2D eigenvalue weighted by atomic mass is 10.2. The summed E-state index contributed by atoms with van der Waals surface area (Å²) in [6.07, 6.45) is 0. The smallest absolute Gasteiger partial charge is 0.244 e. The molecule has 1 aromatic carbocycles. The lowest BCUT2D eigenvalue weighted by Crippen LogP contribution is -2.31. The zero-order chi connectivity index (χ0) is 14.9. The van der Waals surface area contributed by atoms with Gasteiger partial charge < -0.3 is 5.73 Å². The quantitative estimate of drug-likeness (QED) is 0.923. The monoisotopic (exact) mass is 312 g/mol. The van der Waals surface area contributed by atoms with Crippen molar-refractivity contribution in [3.63, 3.8) is 0 Å². The minimum Gasteiger partial charge on any atom is -0.326 e. The molecule has 1 heterocycles. The van der Waals surface area contributed by atoms with Crippen LogP contribution in [0.3, 0.4) is 0 Å². The summed E-state index contributed by atoms with van der Waals surface area (Å²) in [6.45, 7) is 4.74. The third-order valence-corrected chi connectivity index (χ3v) is 6.37. The number of nitrogens with two attached hydrogens (primary N) is 1. The molecular formula is C14H20N2O2S2. The van der Waals surface area contributed by atoms with Gasteiger partial charge in [-0.05, 0) is 12.0 Å². The number of benzene rings is 1. The van der Waals surface area contributed by atoms with Crippen LogP contribution in [0, 0.1) is 5.92 Å². The fraction of sp³-hybridized carbons (Fsp3) is 0.429. The highest BCUT2D eigenvalue weighted by atomic mass is 32.2. The van der Waals surface area contributed by atoms with E-state index in [-0.39, 0.29) is 12.5 Å². The number of nitrogens with zero attached hydrogens (tertiary/aromatic N) is 1. The molecule has 0 radical (unpaired) electrons. The summed E-state index contributed by atoms with van der Waals surface area (Å²) >= 11 is 1.46. The van der Waals surface area contributed by atoms with E-state index < -0.39 is 10.0 Å². The maximum absolute atomic E-state index is 12.8. The van der Waals surface area contributed by atoms with Crippen molar-refractivity contribution >= 4 is 31.4 Å². The molecule has 6 heteroatoms. The highest BCUT2D eigenvalue weighted by Crippen LogP contribution is 2.35. The van der Waals surface area contributed by atoms with E-state index in [1.807, 2.05) is 38.1 Å². The van der Waals surface area contributed by atoms with Crippen LogP contribution in [0.2, 0.25) is 0 Å². The molecule has 2 aromatic rings. The van der Waals surface area contributed by atoms with Crippen LogP contribution in [0.4, 0.5) is 0 Å². The van der Waals surface area contributed by atoms with E-state index in [2.05, 4.69) is 0 Å². The summed E-state index contributed by atoms with van der Waals surface area (Å²) in [5, 5.41) is 0.772. The topological polar surface area (TPSA) is 63.4 Å². The Morgan fingerprint density at radius 1 is 1.30 bits per heavy atom. The molecule has 0 bridgehead atoms. The molecule has 0 aliphatic heterocycles. The molecule has 0 aliphatic carbocycles. The first-order valence-electron chi connectivity index (χ1n) is 6.54. The van der Waals surface area contributed by atoms with Crippen molar-refractivity contribution in [2.75, 3.05) is 13.6 Å². The summed E-state index contributed by atoms with van der Waals surface area (Å²) in [5.74, 6) is 0.279. The highest BCUT2D eigenvalue weighted by Gasteiger charge is 2.28. The lowest BCUT2D eigenvalue weighted by molar-refractivity contribution is 0.417. The van der Waals surface area contributed by atoms with Gasteiger partial charge in [0.15, 0.2) is 0 Å². The van der Waals surface area contributed by atoms with E-state index in [0.29, 0.717) is 11.4 Å². The van der Waals surface area contributed by atoms with Crippen molar-refractivity contribution in [1.82, 2.24) is 4.31 Å². The molecule has 0 fully saturated rings. The lowest BCUT2D eigenvalue weighted by Gasteiger charge is -2.19. The second kappa shape index (κ2) is 5.81. The van der Waals surface area contributed by atoms with Crippen LogP contribution in [0.15, 0.2) is 29.2 Å². The first-order valence-corrected chi connectivity index (χ1v) is 8.80. The van der Waals surface area contributed by atoms with Crippen molar-refractivity contribution in [3.8, 4) is 0 Å². The van der Waals surface area contributed by atoms with Gasteiger partial charge in [0.1, 0.15) is 4.90 Å². The zero-order valence-corrected chi connectivity index (χ0v) is 13.6. The second-order valence-corrected chi connectivity index (χ2v) is 8.35. The van der Waals surface area contributed by atoms with E-state index in [0.717, 1.165) is 15.0 Å². The highest BCUT2D eigenvalue weighted by molar-refractivity contribution is 7.89. The van der Waals surface area contributed by atoms with E-state index in [1.165, 1.54) is 15.6 Å². The summed E-state index contributed by atoms with van der Waals surface area (Å²) in [4.78, 5) is 1.10. The number of thiophene rings is 1. The molecule has 20 heavy (non-hydrogen) atoms. The minimum atomic E-state index is -3.50. The maximum Gasteiger partial charge on any atom is 0.244 e. The average molecular weight is 312 g/mol. The molecule has 0 unspecified atom stereocenters. The van der Waals surface area contributed by atoms with Crippen LogP contribution in [-0.2, 0) is 16.6 Å². The van der Waals surface area contributed by atoms with Crippen LogP contribution >= 0.6 is 11.3 Å². The molecule has 0 spiro atoms. The van der Waals surface area contributed by atoms with Crippen LogP contribution in [0.5, 0.6) is 0 Å². The Labute approximate surface area is 124 Å². The SMILES string of the molecule is CC(C)CN(C)S(=O)(=O)c1c(CN)sc2ccccc12. The molecule has 110 valence electrons. The fourth-order valence-electron chi connectivity index (χ4n) is 2.26. The van der Waals surface area contributed by atoms with Crippen LogP contribution in [-0.4, -0.2) is 26.3 Å². The first-order chi connectivity index (χ1) is 9.37. The fourth-order valence-corrected chi connectivity index (χ4v) is 5.37. The van der Waals surface area contributed by atoms with Gasteiger partial charge in [0.05, 0.1) is 0 Å². The third-order valence-electron chi connectivity index (χ3n) is 3.09. The predicted molar refractivity (Wildman–Crippen MR) is 84.4 cm³/mol. The van der Waals surface area contributed by atoms with Gasteiger partial charge in [0.25, 0.3) is 0 Å². The first kappa shape index (κ1) is 15.4. The molecule has 4 nitrogen and oxygen atoms in total. The molecule has 1 aromatic heterocycles. The molecule has 0 atom stereocenters. The van der Waals surface area contributed by atoms with E-state index >= 15 is 0 Å². The number of fused-ring (bicyclic) bond motifs is 1. The Morgan fingerprint density at radius 2 is 1.95 bits per heavy atom. The summed E-state index contributed by atoms with van der Waals surface area (Å²) in [6, 6.07) is 7.55. The summed E-state index contributed by atoms with van der Waals surface area (Å²) in [7, 11) is -1.87. The zero-order valence-electron chi connectivity index (χ0n) is 12.0. The Bertz CT molecular complexity index is 705. The van der Waals surface area contributed by atoms with Gasteiger partial charge in [-0.15, -0.1) is 11.3 Å². The molecule has 0 saturated carbocycles. The van der Waals surface area contributed by atoms with Gasteiger partial charge in [0.2, 0.25) is 10.0 Å². The van der Waals surface area contributed by atoms with Crippen LogP contribution < -0.4 is 5.73 Å². The van der Waals surface area contributed by atoms with Crippen LogP contribution in [0.1, 0.15) is 18.7 Å². The summed E-state index contributed by atoms with van der Waals surface area (Å²) in [5.41, 5.74) is 5.74. The molecule has 2 rings (SSSR count). The van der Waals surface area contributed by atoms with Crippen molar-refractivity contribution in [2.24, 2.45) is 11.7 Å². The molecular weight excluding hydrogens is 292 g/mol. The van der Waals surface area contributed by atoms with Crippen molar-refractivity contribution in [1.29, 1.82) is 0 Å². The Kier molecular flexibility index (Phi) is 4.49. The van der Waals surface area contributed by atoms with E-state index in [4.69, 9.17) is 5.73 Å². The number of hydrogen-bond donors (Lipinski definition) is 1.